The van der Waals surface area contributed by atoms with Crippen LogP contribution in [0.5, 0.6) is 0 Å². The summed E-state index contributed by atoms with van der Waals surface area (Å²) in [6.45, 7) is 3.34. The number of thiocarbonyl (C=S) groups is 1. The molecule has 2 fully saturated rings. The predicted molar refractivity (Wildman–Crippen MR) is 109 cm³/mol. The van der Waals surface area contributed by atoms with E-state index in [1.807, 2.05) is 24.3 Å². The molecule has 132 valence electrons. The lowest BCUT2D eigenvalue weighted by Gasteiger charge is -2.28. The van der Waals surface area contributed by atoms with Crippen molar-refractivity contribution in [2.45, 2.75) is 0 Å². The molecule has 7 heteroatoms. The van der Waals surface area contributed by atoms with Crippen LogP contribution >= 0.6 is 24.0 Å². The molecular formula is C19H17N3O2S2. The van der Waals surface area contributed by atoms with Crippen molar-refractivity contribution in [1.82, 2.24) is 4.98 Å². The molecule has 1 amide bonds. The number of hydrogen-bond donors (Lipinski definition) is 0. The van der Waals surface area contributed by atoms with Crippen LogP contribution in [0.15, 0.2) is 53.7 Å². The average molecular weight is 383 g/mol. The van der Waals surface area contributed by atoms with Gasteiger partial charge in [-0.3, -0.25) is 14.7 Å². The molecule has 2 aromatic rings. The van der Waals surface area contributed by atoms with Gasteiger partial charge in [0.2, 0.25) is 0 Å². The molecule has 1 aromatic heterocycles. The largest absolute Gasteiger partial charge is 0.378 e. The summed E-state index contributed by atoms with van der Waals surface area (Å²) in [5.74, 6) is -0.106. The maximum atomic E-state index is 12.7. The summed E-state index contributed by atoms with van der Waals surface area (Å²) in [5.41, 5.74) is 2.85. The van der Waals surface area contributed by atoms with Crippen LogP contribution in [0.2, 0.25) is 0 Å². The van der Waals surface area contributed by atoms with Gasteiger partial charge in [0.15, 0.2) is 4.32 Å². The second kappa shape index (κ2) is 7.57. The van der Waals surface area contributed by atoms with Gasteiger partial charge in [0.25, 0.3) is 5.91 Å². The van der Waals surface area contributed by atoms with Crippen LogP contribution in [0.1, 0.15) is 5.56 Å². The lowest BCUT2D eigenvalue weighted by atomic mass is 10.1. The zero-order valence-corrected chi connectivity index (χ0v) is 15.6. The maximum Gasteiger partial charge on any atom is 0.270 e. The van der Waals surface area contributed by atoms with Gasteiger partial charge < -0.3 is 9.64 Å². The highest BCUT2D eigenvalue weighted by Crippen LogP contribution is 2.35. The van der Waals surface area contributed by atoms with Crippen molar-refractivity contribution in [3.8, 4) is 0 Å². The number of pyridine rings is 1. The lowest BCUT2D eigenvalue weighted by Crippen LogP contribution is -2.36. The van der Waals surface area contributed by atoms with Gasteiger partial charge in [-0.25, -0.2) is 0 Å². The molecule has 0 saturated carbocycles. The number of morpholine rings is 1. The Balaban J connectivity index is 1.53. The molecule has 0 bridgehead atoms. The summed E-state index contributed by atoms with van der Waals surface area (Å²) in [5, 5.41) is 0. The van der Waals surface area contributed by atoms with E-state index in [-0.39, 0.29) is 5.91 Å². The third-order valence-corrected chi connectivity index (χ3v) is 5.57. The molecule has 0 aliphatic carbocycles. The van der Waals surface area contributed by atoms with Crippen LogP contribution < -0.4 is 9.80 Å². The van der Waals surface area contributed by atoms with Gasteiger partial charge >= 0.3 is 0 Å². The number of hydrogen-bond acceptors (Lipinski definition) is 6. The lowest BCUT2D eigenvalue weighted by molar-refractivity contribution is -0.113. The number of amides is 1. The summed E-state index contributed by atoms with van der Waals surface area (Å²) in [4.78, 5) is 21.3. The molecule has 26 heavy (non-hydrogen) atoms. The van der Waals surface area contributed by atoms with Crippen LogP contribution in [0.25, 0.3) is 6.08 Å². The van der Waals surface area contributed by atoms with E-state index in [0.717, 1.165) is 31.9 Å². The number of benzene rings is 1. The molecule has 1 aromatic carbocycles. The van der Waals surface area contributed by atoms with Gasteiger partial charge in [-0.15, -0.1) is 0 Å². The standard InChI is InChI=1S/C19H17N3O2S2/c23-18-17(26-19(25)22(18)16-2-1-7-20-13-16)12-14-3-5-15(6-4-14)21-8-10-24-11-9-21/h1-7,12-13H,8-11H2. The second-order valence-corrected chi connectivity index (χ2v) is 7.60. The van der Waals surface area contributed by atoms with E-state index in [0.29, 0.717) is 14.9 Å². The quantitative estimate of drug-likeness (QED) is 0.599. The molecule has 2 aliphatic rings. The number of thioether (sulfide) groups is 1. The minimum atomic E-state index is -0.106. The second-order valence-electron chi connectivity index (χ2n) is 5.92. The molecular weight excluding hydrogens is 366 g/mol. The fourth-order valence-electron chi connectivity index (χ4n) is 2.93. The SMILES string of the molecule is O=C1C(=Cc2ccc(N3CCOCC3)cc2)SC(=S)N1c1cccnc1. The molecule has 2 saturated heterocycles. The predicted octanol–water partition coefficient (Wildman–Crippen LogP) is 3.32. The summed E-state index contributed by atoms with van der Waals surface area (Å²) >= 11 is 6.70. The van der Waals surface area contributed by atoms with Crippen molar-refractivity contribution in [2.24, 2.45) is 0 Å². The molecule has 2 aliphatic heterocycles. The average Bonchev–Trinajstić information content (AvgIpc) is 2.97. The minimum Gasteiger partial charge on any atom is -0.378 e. The van der Waals surface area contributed by atoms with Crippen molar-refractivity contribution < 1.29 is 9.53 Å². The molecule has 0 N–H and O–H groups in total. The zero-order chi connectivity index (χ0) is 17.9. The van der Waals surface area contributed by atoms with Crippen molar-refractivity contribution in [2.75, 3.05) is 36.1 Å². The highest BCUT2D eigenvalue weighted by atomic mass is 32.2. The Morgan fingerprint density at radius 3 is 2.58 bits per heavy atom. The zero-order valence-electron chi connectivity index (χ0n) is 14.0. The van der Waals surface area contributed by atoms with Gasteiger partial charge in [0, 0.05) is 25.0 Å². The fraction of sp³-hybridized carbons (Fsp3) is 0.211. The maximum absolute atomic E-state index is 12.7. The smallest absolute Gasteiger partial charge is 0.270 e. The highest BCUT2D eigenvalue weighted by Gasteiger charge is 2.33. The summed E-state index contributed by atoms with van der Waals surface area (Å²) in [6, 6.07) is 11.8. The van der Waals surface area contributed by atoms with Crippen LogP contribution in [0.3, 0.4) is 0 Å². The number of ether oxygens (including phenoxy) is 1. The van der Waals surface area contributed by atoms with Gasteiger partial charge in [0.1, 0.15) is 0 Å². The van der Waals surface area contributed by atoms with Crippen LogP contribution in [-0.2, 0) is 9.53 Å². The molecule has 0 atom stereocenters. The van der Waals surface area contributed by atoms with Gasteiger partial charge in [-0.05, 0) is 35.9 Å². The fourth-order valence-corrected chi connectivity index (χ4v) is 4.23. The third kappa shape index (κ3) is 3.51. The number of anilines is 2. The summed E-state index contributed by atoms with van der Waals surface area (Å²) in [6.07, 6.45) is 5.20. The Bertz CT molecular complexity index is 847. The molecule has 3 heterocycles. The number of carbonyl (C=O) groups excluding carboxylic acids is 1. The topological polar surface area (TPSA) is 45.7 Å². The first kappa shape index (κ1) is 17.2. The Labute approximate surface area is 161 Å². The minimum absolute atomic E-state index is 0.106. The van der Waals surface area contributed by atoms with Gasteiger partial charge in [-0.1, -0.05) is 36.1 Å². The van der Waals surface area contributed by atoms with E-state index in [1.54, 1.807) is 18.5 Å². The van der Waals surface area contributed by atoms with Crippen LogP contribution in [0, 0.1) is 0 Å². The van der Waals surface area contributed by atoms with Crippen LogP contribution in [0.4, 0.5) is 11.4 Å². The first-order valence-corrected chi connectivity index (χ1v) is 9.55. The molecule has 0 unspecified atom stereocenters. The van der Waals surface area contributed by atoms with E-state index in [1.165, 1.54) is 22.3 Å². The molecule has 5 nitrogen and oxygen atoms in total. The Morgan fingerprint density at radius 1 is 1.12 bits per heavy atom. The monoisotopic (exact) mass is 383 g/mol. The van der Waals surface area contributed by atoms with Crippen molar-refractivity contribution in [3.05, 3.63) is 59.3 Å². The first-order chi connectivity index (χ1) is 12.7. The van der Waals surface area contributed by atoms with E-state index < -0.39 is 0 Å². The Kier molecular flexibility index (Phi) is 5.01. The first-order valence-electron chi connectivity index (χ1n) is 8.33. The number of carbonyl (C=O) groups is 1. The number of nitrogens with zero attached hydrogens (tertiary/aromatic N) is 3. The summed E-state index contributed by atoms with van der Waals surface area (Å²) in [7, 11) is 0. The summed E-state index contributed by atoms with van der Waals surface area (Å²) < 4.78 is 5.92. The highest BCUT2D eigenvalue weighted by molar-refractivity contribution is 8.27. The molecule has 0 spiro atoms. The van der Waals surface area contributed by atoms with E-state index in [2.05, 4.69) is 22.0 Å². The van der Waals surface area contributed by atoms with E-state index in [4.69, 9.17) is 17.0 Å². The Morgan fingerprint density at radius 2 is 1.88 bits per heavy atom. The van der Waals surface area contributed by atoms with Crippen molar-refractivity contribution >= 4 is 51.7 Å². The van der Waals surface area contributed by atoms with Crippen molar-refractivity contribution in [3.63, 3.8) is 0 Å². The third-order valence-electron chi connectivity index (χ3n) is 4.26. The van der Waals surface area contributed by atoms with Crippen LogP contribution in [-0.4, -0.2) is 41.5 Å². The van der Waals surface area contributed by atoms with E-state index in [9.17, 15) is 4.79 Å². The van der Waals surface area contributed by atoms with Gasteiger partial charge in [0.05, 0.1) is 30.0 Å². The number of aromatic nitrogens is 1. The van der Waals surface area contributed by atoms with Gasteiger partial charge in [-0.2, -0.15) is 0 Å². The molecule has 0 radical (unpaired) electrons. The van der Waals surface area contributed by atoms with Crippen molar-refractivity contribution in [1.29, 1.82) is 0 Å². The normalized spacial score (nSPS) is 19.5. The molecule has 4 rings (SSSR count). The Hall–Kier alpha value is -2.22. The van der Waals surface area contributed by atoms with E-state index >= 15 is 0 Å². The number of rotatable bonds is 3.